The highest BCUT2D eigenvalue weighted by Gasteiger charge is 2.22. The van der Waals surface area contributed by atoms with Crippen molar-refractivity contribution in [2.45, 2.75) is 13.5 Å². The first-order valence-electron chi connectivity index (χ1n) is 5.94. The summed E-state index contributed by atoms with van der Waals surface area (Å²) in [6.07, 6.45) is 0. The molecular weight excluding hydrogens is 284 g/mol. The van der Waals surface area contributed by atoms with E-state index in [1.807, 2.05) is 0 Å². The van der Waals surface area contributed by atoms with E-state index in [-0.39, 0.29) is 17.0 Å². The second-order valence-corrected chi connectivity index (χ2v) is 4.33. The third-order valence-electron chi connectivity index (χ3n) is 2.84. The Morgan fingerprint density at radius 2 is 1.90 bits per heavy atom. The fourth-order valence-corrected chi connectivity index (χ4v) is 1.86. The number of aliphatic hydroxyl groups is 1. The number of aryl methyl sites for hydroxylation is 1. The van der Waals surface area contributed by atoms with E-state index >= 15 is 0 Å². The molecule has 2 aromatic rings. The number of nitro benzene ring substituents is 1. The molecule has 0 aliphatic carbocycles. The van der Waals surface area contributed by atoms with E-state index in [4.69, 9.17) is 9.84 Å². The molecule has 5 nitrogen and oxygen atoms in total. The number of ether oxygens (including phenoxy) is 1. The van der Waals surface area contributed by atoms with Gasteiger partial charge in [-0.3, -0.25) is 10.1 Å². The van der Waals surface area contributed by atoms with Crippen LogP contribution in [0.1, 0.15) is 11.1 Å². The lowest BCUT2D eigenvalue weighted by atomic mass is 10.2. The molecule has 0 bridgehead atoms. The molecule has 0 spiro atoms. The van der Waals surface area contributed by atoms with Crippen LogP contribution in [0.4, 0.5) is 14.5 Å². The molecule has 2 rings (SSSR count). The fraction of sp³-hybridized carbons (Fsp3) is 0.143. The van der Waals surface area contributed by atoms with Crippen LogP contribution in [0.25, 0.3) is 0 Å². The molecule has 0 saturated carbocycles. The molecule has 0 radical (unpaired) electrons. The third kappa shape index (κ3) is 2.97. The largest absolute Gasteiger partial charge is 0.444 e. The van der Waals surface area contributed by atoms with Crippen LogP contribution in [0.5, 0.6) is 11.5 Å². The van der Waals surface area contributed by atoms with E-state index in [0.29, 0.717) is 5.56 Å². The Bertz CT molecular complexity index is 680. The highest BCUT2D eigenvalue weighted by molar-refractivity contribution is 5.53. The summed E-state index contributed by atoms with van der Waals surface area (Å²) in [5, 5.41) is 19.9. The summed E-state index contributed by atoms with van der Waals surface area (Å²) in [5.74, 6) is -3.10. The predicted octanol–water partition coefficient (Wildman–Crippen LogP) is 3.47. The van der Waals surface area contributed by atoms with Crippen LogP contribution in [0.3, 0.4) is 0 Å². The molecule has 7 heteroatoms. The van der Waals surface area contributed by atoms with Gasteiger partial charge in [0.1, 0.15) is 0 Å². The van der Waals surface area contributed by atoms with Gasteiger partial charge in [0.25, 0.3) is 0 Å². The molecule has 0 amide bonds. The highest BCUT2D eigenvalue weighted by atomic mass is 19.1. The quantitative estimate of drug-likeness (QED) is 0.692. The van der Waals surface area contributed by atoms with Crippen molar-refractivity contribution in [2.75, 3.05) is 0 Å². The smallest absolute Gasteiger partial charge is 0.314 e. The van der Waals surface area contributed by atoms with Crippen LogP contribution < -0.4 is 4.74 Å². The topological polar surface area (TPSA) is 72.6 Å². The molecule has 1 N–H and O–H groups in total. The van der Waals surface area contributed by atoms with Gasteiger partial charge >= 0.3 is 5.69 Å². The molecule has 0 saturated heterocycles. The molecule has 0 unspecified atom stereocenters. The lowest BCUT2D eigenvalue weighted by Crippen LogP contribution is -1.99. The number of hydrogen-bond donors (Lipinski definition) is 1. The van der Waals surface area contributed by atoms with Gasteiger partial charge in [-0.15, -0.1) is 0 Å². The molecule has 0 fully saturated rings. The Balaban J connectivity index is 2.49. The average molecular weight is 295 g/mol. The summed E-state index contributed by atoms with van der Waals surface area (Å²) in [4.78, 5) is 10.3. The first-order chi connectivity index (χ1) is 9.93. The Hall–Kier alpha value is -2.54. The first kappa shape index (κ1) is 14.9. The Morgan fingerprint density at radius 1 is 1.29 bits per heavy atom. The zero-order valence-electron chi connectivity index (χ0n) is 11.0. The van der Waals surface area contributed by atoms with E-state index in [2.05, 4.69) is 0 Å². The number of nitrogens with zero attached hydrogens (tertiary/aromatic N) is 1. The van der Waals surface area contributed by atoms with Crippen molar-refractivity contribution in [3.8, 4) is 11.5 Å². The van der Waals surface area contributed by atoms with Gasteiger partial charge in [-0.25, -0.2) is 8.78 Å². The second-order valence-electron chi connectivity index (χ2n) is 4.33. The van der Waals surface area contributed by atoms with Crippen LogP contribution in [0.2, 0.25) is 0 Å². The summed E-state index contributed by atoms with van der Waals surface area (Å²) in [6.45, 7) is 0.964. The normalized spacial score (nSPS) is 10.5. The Kier molecular flexibility index (Phi) is 4.13. The molecule has 0 aliphatic rings. The van der Waals surface area contributed by atoms with Crippen molar-refractivity contribution in [3.63, 3.8) is 0 Å². The summed E-state index contributed by atoms with van der Waals surface area (Å²) >= 11 is 0. The Morgan fingerprint density at radius 3 is 2.43 bits per heavy atom. The van der Waals surface area contributed by atoms with E-state index in [0.717, 1.165) is 12.1 Å². The lowest BCUT2D eigenvalue weighted by molar-refractivity contribution is -0.386. The molecule has 21 heavy (non-hydrogen) atoms. The average Bonchev–Trinajstić information content (AvgIpc) is 2.42. The monoisotopic (exact) mass is 295 g/mol. The van der Waals surface area contributed by atoms with Gasteiger partial charge in [0.05, 0.1) is 11.5 Å². The maximum absolute atomic E-state index is 13.8. The highest BCUT2D eigenvalue weighted by Crippen LogP contribution is 2.36. The predicted molar refractivity (Wildman–Crippen MR) is 70.2 cm³/mol. The van der Waals surface area contributed by atoms with Gasteiger partial charge in [-0.05, 0) is 30.7 Å². The lowest BCUT2D eigenvalue weighted by Gasteiger charge is -2.10. The van der Waals surface area contributed by atoms with Crippen LogP contribution in [0.15, 0.2) is 30.3 Å². The van der Waals surface area contributed by atoms with Gasteiger partial charge in [0, 0.05) is 5.56 Å². The van der Waals surface area contributed by atoms with Crippen molar-refractivity contribution in [3.05, 3.63) is 63.2 Å². The SMILES string of the molecule is Cc1cccc(Oc2c(F)cc(CO)cc2F)c1[N+](=O)[O-]. The van der Waals surface area contributed by atoms with Crippen LogP contribution in [-0.4, -0.2) is 10.0 Å². The maximum atomic E-state index is 13.8. The molecular formula is C14H11F2NO4. The standard InChI is InChI=1S/C14H11F2NO4/c1-8-3-2-4-12(13(8)17(19)20)21-14-10(15)5-9(7-18)6-11(14)16/h2-6,18H,7H2,1H3. The van der Waals surface area contributed by atoms with Crippen molar-refractivity contribution in [1.29, 1.82) is 0 Å². The fourth-order valence-electron chi connectivity index (χ4n) is 1.86. The van der Waals surface area contributed by atoms with Gasteiger partial charge < -0.3 is 9.84 Å². The first-order valence-corrected chi connectivity index (χ1v) is 5.94. The number of hydrogen-bond acceptors (Lipinski definition) is 4. The van der Waals surface area contributed by atoms with Gasteiger partial charge in [0.15, 0.2) is 17.4 Å². The number of para-hydroxylation sites is 1. The zero-order chi connectivity index (χ0) is 15.6. The van der Waals surface area contributed by atoms with Crippen LogP contribution >= 0.6 is 0 Å². The minimum absolute atomic E-state index is 0.0380. The van der Waals surface area contributed by atoms with Crippen LogP contribution in [0, 0.1) is 28.7 Å². The van der Waals surface area contributed by atoms with Crippen molar-refractivity contribution in [2.24, 2.45) is 0 Å². The van der Waals surface area contributed by atoms with E-state index < -0.39 is 28.9 Å². The van der Waals surface area contributed by atoms with E-state index in [1.165, 1.54) is 25.1 Å². The zero-order valence-corrected chi connectivity index (χ0v) is 11.0. The summed E-state index contributed by atoms with van der Waals surface area (Å²) < 4.78 is 32.6. The number of halogens is 2. The molecule has 0 aliphatic heterocycles. The van der Waals surface area contributed by atoms with Gasteiger partial charge in [-0.1, -0.05) is 12.1 Å². The van der Waals surface area contributed by atoms with E-state index in [1.54, 1.807) is 0 Å². The van der Waals surface area contributed by atoms with Crippen molar-refractivity contribution < 1.29 is 23.5 Å². The van der Waals surface area contributed by atoms with Gasteiger partial charge in [0.2, 0.25) is 5.75 Å². The third-order valence-corrected chi connectivity index (χ3v) is 2.84. The second kappa shape index (κ2) is 5.84. The number of aliphatic hydroxyl groups excluding tert-OH is 1. The molecule has 0 aromatic heterocycles. The molecule has 2 aromatic carbocycles. The summed E-state index contributed by atoms with van der Waals surface area (Å²) in [6, 6.07) is 6.03. The minimum Gasteiger partial charge on any atom is -0.444 e. The number of nitro groups is 1. The van der Waals surface area contributed by atoms with Crippen LogP contribution in [-0.2, 0) is 6.61 Å². The van der Waals surface area contributed by atoms with Crippen molar-refractivity contribution in [1.82, 2.24) is 0 Å². The Labute approximate surface area is 118 Å². The number of rotatable bonds is 4. The molecule has 0 heterocycles. The summed E-state index contributed by atoms with van der Waals surface area (Å²) in [5.41, 5.74) is -0.0103. The van der Waals surface area contributed by atoms with E-state index in [9.17, 15) is 18.9 Å². The minimum atomic E-state index is -1.05. The van der Waals surface area contributed by atoms with Crippen molar-refractivity contribution >= 4 is 5.69 Å². The summed E-state index contributed by atoms with van der Waals surface area (Å²) in [7, 11) is 0. The molecule has 0 atom stereocenters. The van der Waals surface area contributed by atoms with Gasteiger partial charge in [-0.2, -0.15) is 0 Å². The number of benzene rings is 2. The maximum Gasteiger partial charge on any atom is 0.314 e. The molecule has 110 valence electrons.